The fourth-order valence-electron chi connectivity index (χ4n) is 0.873. The van der Waals surface area contributed by atoms with Crippen molar-refractivity contribution in [3.63, 3.8) is 0 Å². The van der Waals surface area contributed by atoms with Crippen LogP contribution in [0.4, 0.5) is 0 Å². The lowest BCUT2D eigenvalue weighted by Crippen LogP contribution is -2.35. The van der Waals surface area contributed by atoms with Crippen molar-refractivity contribution in [2.45, 2.75) is 33.6 Å². The molecule has 10 heavy (non-hydrogen) atoms. The smallest absolute Gasteiger partial charge is 0.225 e. The van der Waals surface area contributed by atoms with Crippen molar-refractivity contribution in [1.29, 1.82) is 0 Å². The topological polar surface area (TPSA) is 29.1 Å². The van der Waals surface area contributed by atoms with Gasteiger partial charge in [0.1, 0.15) is 0 Å². The highest BCUT2D eigenvalue weighted by atomic mass is 16.2. The molecule has 2 nitrogen and oxygen atoms in total. The second-order valence-electron chi connectivity index (χ2n) is 2.85. The first-order valence-corrected chi connectivity index (χ1v) is 3.83. The molecule has 0 heterocycles. The van der Waals surface area contributed by atoms with E-state index in [0.717, 1.165) is 12.8 Å². The molecule has 0 spiro atoms. The Morgan fingerprint density at radius 1 is 1.40 bits per heavy atom. The van der Waals surface area contributed by atoms with Gasteiger partial charge < -0.3 is 5.32 Å². The first kappa shape index (κ1) is 9.47. The molecule has 0 aliphatic rings. The van der Waals surface area contributed by atoms with Crippen LogP contribution in [-0.4, -0.2) is 13.0 Å². The number of carbonyl (C=O) groups is 1. The van der Waals surface area contributed by atoms with Crippen molar-refractivity contribution >= 4 is 5.91 Å². The Labute approximate surface area is 63.0 Å². The lowest BCUT2D eigenvalue weighted by molar-refractivity contribution is -0.130. The second kappa shape index (κ2) is 3.59. The quantitative estimate of drug-likeness (QED) is 0.638. The van der Waals surface area contributed by atoms with E-state index in [1.807, 2.05) is 20.8 Å². The molecule has 0 aromatic heterocycles. The summed E-state index contributed by atoms with van der Waals surface area (Å²) in [6, 6.07) is 0. The van der Waals surface area contributed by atoms with Gasteiger partial charge in [-0.2, -0.15) is 0 Å². The van der Waals surface area contributed by atoms with Crippen LogP contribution in [0.15, 0.2) is 0 Å². The van der Waals surface area contributed by atoms with Crippen molar-refractivity contribution in [2.24, 2.45) is 5.41 Å². The van der Waals surface area contributed by atoms with Crippen molar-refractivity contribution in [3.05, 3.63) is 0 Å². The Balaban J connectivity index is 4.17. The summed E-state index contributed by atoms with van der Waals surface area (Å²) in [7, 11) is 1.69. The predicted octanol–water partition coefficient (Wildman–Crippen LogP) is 1.56. The number of amides is 1. The number of nitrogens with one attached hydrogen (secondary N) is 1. The van der Waals surface area contributed by atoms with Gasteiger partial charge in [-0.15, -0.1) is 0 Å². The number of rotatable bonds is 3. The van der Waals surface area contributed by atoms with E-state index >= 15 is 0 Å². The number of hydrogen-bond acceptors (Lipinski definition) is 1. The van der Waals surface area contributed by atoms with Gasteiger partial charge >= 0.3 is 0 Å². The molecule has 60 valence electrons. The Hall–Kier alpha value is -0.530. The Morgan fingerprint density at radius 2 is 1.80 bits per heavy atom. The third kappa shape index (κ3) is 1.72. The molecule has 1 amide bonds. The molecule has 0 aromatic carbocycles. The van der Waals surface area contributed by atoms with Crippen LogP contribution in [0.1, 0.15) is 33.6 Å². The third-order valence-corrected chi connectivity index (χ3v) is 2.34. The third-order valence-electron chi connectivity index (χ3n) is 2.34. The molecule has 0 radical (unpaired) electrons. The SMILES string of the molecule is CCC(C)(CC)C(=O)NC. The van der Waals surface area contributed by atoms with E-state index in [1.54, 1.807) is 7.05 Å². The van der Waals surface area contributed by atoms with Gasteiger partial charge in [0.15, 0.2) is 0 Å². The van der Waals surface area contributed by atoms with E-state index in [-0.39, 0.29) is 11.3 Å². The van der Waals surface area contributed by atoms with Crippen LogP contribution in [0, 0.1) is 5.41 Å². The van der Waals surface area contributed by atoms with E-state index in [4.69, 9.17) is 0 Å². The Bertz CT molecular complexity index is 116. The van der Waals surface area contributed by atoms with E-state index in [1.165, 1.54) is 0 Å². The zero-order valence-electron chi connectivity index (χ0n) is 7.32. The standard InChI is InChI=1S/C8H17NO/c1-5-8(3,6-2)7(10)9-4/h5-6H2,1-4H3,(H,9,10). The van der Waals surface area contributed by atoms with Gasteiger partial charge in [0.05, 0.1) is 0 Å². The van der Waals surface area contributed by atoms with E-state index < -0.39 is 0 Å². The monoisotopic (exact) mass is 143 g/mol. The van der Waals surface area contributed by atoms with Crippen LogP contribution >= 0.6 is 0 Å². The first-order chi connectivity index (χ1) is 4.60. The summed E-state index contributed by atoms with van der Waals surface area (Å²) < 4.78 is 0. The summed E-state index contributed by atoms with van der Waals surface area (Å²) in [5.74, 6) is 0.150. The molecule has 0 saturated heterocycles. The molecule has 0 aromatic rings. The van der Waals surface area contributed by atoms with Crippen molar-refractivity contribution in [2.75, 3.05) is 7.05 Å². The normalized spacial score (nSPS) is 11.2. The maximum absolute atomic E-state index is 11.2. The highest BCUT2D eigenvalue weighted by Crippen LogP contribution is 2.24. The van der Waals surface area contributed by atoms with Gasteiger partial charge in [0, 0.05) is 12.5 Å². The molecule has 1 N–H and O–H groups in total. The Morgan fingerprint density at radius 3 is 1.90 bits per heavy atom. The van der Waals surface area contributed by atoms with Gasteiger partial charge in [-0.25, -0.2) is 0 Å². The van der Waals surface area contributed by atoms with Crippen LogP contribution in [-0.2, 0) is 4.79 Å². The van der Waals surface area contributed by atoms with Crippen LogP contribution in [0.25, 0.3) is 0 Å². The van der Waals surface area contributed by atoms with E-state index in [9.17, 15) is 4.79 Å². The fourth-order valence-corrected chi connectivity index (χ4v) is 0.873. The minimum atomic E-state index is -0.158. The van der Waals surface area contributed by atoms with Crippen LogP contribution in [0.5, 0.6) is 0 Å². The fraction of sp³-hybridized carbons (Fsp3) is 0.875. The molecular formula is C8H17NO. The van der Waals surface area contributed by atoms with Crippen molar-refractivity contribution < 1.29 is 4.79 Å². The van der Waals surface area contributed by atoms with Gasteiger partial charge in [-0.3, -0.25) is 4.79 Å². The molecule has 0 aliphatic heterocycles. The summed E-state index contributed by atoms with van der Waals surface area (Å²) >= 11 is 0. The molecule has 0 saturated carbocycles. The summed E-state index contributed by atoms with van der Waals surface area (Å²) in [6.07, 6.45) is 1.81. The first-order valence-electron chi connectivity index (χ1n) is 3.83. The largest absolute Gasteiger partial charge is 0.359 e. The average Bonchev–Trinajstić information content (AvgIpc) is 2.01. The average molecular weight is 143 g/mol. The van der Waals surface area contributed by atoms with E-state index in [0.29, 0.717) is 0 Å². The lowest BCUT2D eigenvalue weighted by Gasteiger charge is -2.23. The Kier molecular flexibility index (Phi) is 3.40. The van der Waals surface area contributed by atoms with Gasteiger partial charge in [0.2, 0.25) is 5.91 Å². The van der Waals surface area contributed by atoms with Gasteiger partial charge in [0.25, 0.3) is 0 Å². The minimum Gasteiger partial charge on any atom is -0.359 e. The molecule has 0 unspecified atom stereocenters. The maximum Gasteiger partial charge on any atom is 0.225 e. The highest BCUT2D eigenvalue weighted by molar-refractivity contribution is 5.81. The highest BCUT2D eigenvalue weighted by Gasteiger charge is 2.27. The molecule has 0 rings (SSSR count). The van der Waals surface area contributed by atoms with Crippen molar-refractivity contribution in [3.8, 4) is 0 Å². The zero-order chi connectivity index (χ0) is 8.20. The minimum absolute atomic E-state index is 0.150. The predicted molar refractivity (Wildman–Crippen MR) is 42.8 cm³/mol. The molecular weight excluding hydrogens is 126 g/mol. The zero-order valence-corrected chi connectivity index (χ0v) is 7.32. The molecule has 0 bridgehead atoms. The summed E-state index contributed by atoms with van der Waals surface area (Å²) in [5, 5.41) is 2.67. The summed E-state index contributed by atoms with van der Waals surface area (Å²) in [5.41, 5.74) is -0.158. The van der Waals surface area contributed by atoms with E-state index in [2.05, 4.69) is 5.32 Å². The second-order valence-corrected chi connectivity index (χ2v) is 2.85. The number of hydrogen-bond donors (Lipinski definition) is 1. The van der Waals surface area contributed by atoms with Crippen LogP contribution in [0.3, 0.4) is 0 Å². The van der Waals surface area contributed by atoms with Gasteiger partial charge in [-0.1, -0.05) is 20.8 Å². The maximum atomic E-state index is 11.2. The summed E-state index contributed by atoms with van der Waals surface area (Å²) in [4.78, 5) is 11.2. The number of carbonyl (C=O) groups excluding carboxylic acids is 1. The van der Waals surface area contributed by atoms with Crippen LogP contribution < -0.4 is 5.32 Å². The summed E-state index contributed by atoms with van der Waals surface area (Å²) in [6.45, 7) is 6.07. The molecule has 2 heteroatoms. The molecule has 0 aliphatic carbocycles. The lowest BCUT2D eigenvalue weighted by atomic mass is 9.84. The van der Waals surface area contributed by atoms with Crippen molar-refractivity contribution in [1.82, 2.24) is 5.32 Å². The molecule has 0 atom stereocenters. The molecule has 0 fully saturated rings. The van der Waals surface area contributed by atoms with Gasteiger partial charge in [-0.05, 0) is 12.8 Å². The van der Waals surface area contributed by atoms with Crippen LogP contribution in [0.2, 0.25) is 0 Å².